The van der Waals surface area contributed by atoms with E-state index in [1.165, 1.54) is 30.7 Å². The molecule has 0 fully saturated rings. The fourth-order valence-electron chi connectivity index (χ4n) is 3.90. The molecule has 1 aromatic carbocycles. The third kappa shape index (κ3) is 5.59. The molecule has 0 amide bonds. The average molecular weight is 558 g/mol. The summed E-state index contributed by atoms with van der Waals surface area (Å²) in [6.07, 6.45) is 3.99. The van der Waals surface area contributed by atoms with E-state index in [4.69, 9.17) is 4.74 Å². The smallest absolute Gasteiger partial charge is 0.406 e. The Kier molecular flexibility index (Phi) is 7.43. The molecule has 0 radical (unpaired) electrons. The van der Waals surface area contributed by atoms with Crippen molar-refractivity contribution in [2.75, 3.05) is 0 Å². The van der Waals surface area contributed by atoms with Gasteiger partial charge in [-0.05, 0) is 63.8 Å². The molecule has 0 saturated heterocycles. The Morgan fingerprint density at radius 3 is 2.72 bits per heavy atom. The molecule has 1 atom stereocenters. The van der Waals surface area contributed by atoms with Crippen LogP contribution in [-0.2, 0) is 13.1 Å². The molecule has 0 aliphatic heterocycles. The first-order valence-corrected chi connectivity index (χ1v) is 12.1. The van der Waals surface area contributed by atoms with E-state index in [1.54, 1.807) is 17.7 Å². The summed E-state index contributed by atoms with van der Waals surface area (Å²) in [5.74, 6) is 0.0340. The molecule has 12 heteroatoms. The van der Waals surface area contributed by atoms with Gasteiger partial charge in [0.15, 0.2) is 12.0 Å². The van der Waals surface area contributed by atoms with Crippen molar-refractivity contribution in [2.24, 2.45) is 5.92 Å². The van der Waals surface area contributed by atoms with E-state index < -0.39 is 22.7 Å². The monoisotopic (exact) mass is 557 g/mol. The van der Waals surface area contributed by atoms with Crippen LogP contribution in [0.25, 0.3) is 11.4 Å². The second-order valence-electron chi connectivity index (χ2n) is 8.82. The molecule has 4 rings (SSSR count). The SMILES string of the molecule is Cc1nn(CC(C)C)cc1Cn1ncnc1-c1ccc(F)cc1[C@@H](C)Oc1cc(Br)cnc1[N+](=O)[O-]. The first kappa shape index (κ1) is 25.4. The summed E-state index contributed by atoms with van der Waals surface area (Å²) >= 11 is 3.26. The van der Waals surface area contributed by atoms with E-state index in [0.29, 0.717) is 33.9 Å². The van der Waals surface area contributed by atoms with Gasteiger partial charge >= 0.3 is 5.82 Å². The topological polar surface area (TPSA) is 114 Å². The normalized spacial score (nSPS) is 12.2. The first-order chi connectivity index (χ1) is 17.1. The summed E-state index contributed by atoms with van der Waals surface area (Å²) in [5.41, 5.74) is 2.94. The van der Waals surface area contributed by atoms with E-state index in [1.807, 2.05) is 17.8 Å². The number of ether oxygens (including phenoxy) is 1. The van der Waals surface area contributed by atoms with E-state index in [-0.39, 0.29) is 5.75 Å². The second-order valence-corrected chi connectivity index (χ2v) is 9.74. The zero-order valence-electron chi connectivity index (χ0n) is 20.2. The average Bonchev–Trinajstić information content (AvgIpc) is 3.39. The van der Waals surface area contributed by atoms with Crippen molar-refractivity contribution in [3.05, 3.63) is 80.2 Å². The molecule has 0 aliphatic carbocycles. The molecule has 36 heavy (non-hydrogen) atoms. The number of aromatic nitrogens is 6. The van der Waals surface area contributed by atoms with Gasteiger partial charge in [0.25, 0.3) is 0 Å². The van der Waals surface area contributed by atoms with Crippen LogP contribution in [0.1, 0.15) is 43.7 Å². The van der Waals surface area contributed by atoms with Gasteiger partial charge in [-0.15, -0.1) is 0 Å². The highest BCUT2D eigenvalue weighted by atomic mass is 79.9. The number of halogens is 2. The number of rotatable bonds is 9. The van der Waals surface area contributed by atoms with Gasteiger partial charge in [0.05, 0.1) is 16.7 Å². The van der Waals surface area contributed by atoms with Gasteiger partial charge in [0.1, 0.15) is 18.2 Å². The third-order valence-corrected chi connectivity index (χ3v) is 5.94. The maximum Gasteiger partial charge on any atom is 0.406 e. The van der Waals surface area contributed by atoms with Crippen molar-refractivity contribution in [1.29, 1.82) is 0 Å². The van der Waals surface area contributed by atoms with E-state index in [0.717, 1.165) is 17.8 Å². The van der Waals surface area contributed by atoms with Crippen LogP contribution in [0.5, 0.6) is 5.75 Å². The van der Waals surface area contributed by atoms with Crippen LogP contribution in [0.4, 0.5) is 10.2 Å². The number of nitro groups is 1. The standard InChI is InChI=1S/C24H25BrFN7O3/c1-14(2)10-31-11-17(15(3)30-31)12-32-23(28-13-29-32)20-6-5-19(26)8-21(20)16(4)36-22-7-18(25)9-27-24(22)33(34)35/h5-9,11,13-14,16H,10,12H2,1-4H3/t16-/m1/s1. The summed E-state index contributed by atoms with van der Waals surface area (Å²) in [5, 5.41) is 20.4. The van der Waals surface area contributed by atoms with Crippen molar-refractivity contribution in [1.82, 2.24) is 29.5 Å². The lowest BCUT2D eigenvalue weighted by Gasteiger charge is -2.18. The molecule has 0 unspecified atom stereocenters. The molecule has 0 bridgehead atoms. The van der Waals surface area contributed by atoms with Gasteiger partial charge in [0, 0.05) is 35.5 Å². The zero-order valence-corrected chi connectivity index (χ0v) is 21.8. The largest absolute Gasteiger partial charge is 0.478 e. The minimum absolute atomic E-state index is 0.0354. The summed E-state index contributed by atoms with van der Waals surface area (Å²) in [6.45, 7) is 9.12. The van der Waals surface area contributed by atoms with Crippen LogP contribution in [0.15, 0.2) is 47.5 Å². The van der Waals surface area contributed by atoms with Crippen LogP contribution < -0.4 is 4.74 Å². The molecule has 4 aromatic rings. The van der Waals surface area contributed by atoms with Crippen LogP contribution >= 0.6 is 15.9 Å². The summed E-state index contributed by atoms with van der Waals surface area (Å²) in [6, 6.07) is 5.73. The van der Waals surface area contributed by atoms with Crippen LogP contribution in [0, 0.1) is 28.8 Å². The van der Waals surface area contributed by atoms with Crippen molar-refractivity contribution in [2.45, 2.75) is 46.9 Å². The Labute approximate surface area is 215 Å². The number of nitrogens with zero attached hydrogens (tertiary/aromatic N) is 7. The number of benzene rings is 1. The lowest BCUT2D eigenvalue weighted by molar-refractivity contribution is -0.390. The van der Waals surface area contributed by atoms with Gasteiger partial charge < -0.3 is 14.9 Å². The Morgan fingerprint density at radius 1 is 1.22 bits per heavy atom. The number of hydrogen-bond acceptors (Lipinski definition) is 7. The summed E-state index contributed by atoms with van der Waals surface area (Å²) < 4.78 is 24.4. The lowest BCUT2D eigenvalue weighted by atomic mass is 10.0. The maximum atomic E-state index is 14.3. The minimum Gasteiger partial charge on any atom is -0.478 e. The molecule has 10 nitrogen and oxygen atoms in total. The lowest BCUT2D eigenvalue weighted by Crippen LogP contribution is -2.10. The third-order valence-electron chi connectivity index (χ3n) is 5.50. The van der Waals surface area contributed by atoms with Gasteiger partial charge in [-0.25, -0.2) is 14.1 Å². The van der Waals surface area contributed by atoms with Crippen LogP contribution in [0.3, 0.4) is 0 Å². The Balaban J connectivity index is 1.68. The van der Waals surface area contributed by atoms with E-state index in [9.17, 15) is 14.5 Å². The van der Waals surface area contributed by atoms with Gasteiger partial charge in [-0.1, -0.05) is 13.8 Å². The van der Waals surface area contributed by atoms with E-state index >= 15 is 0 Å². The van der Waals surface area contributed by atoms with Crippen molar-refractivity contribution in [3.63, 3.8) is 0 Å². The Hall–Kier alpha value is -3.67. The molecular weight excluding hydrogens is 533 g/mol. The Morgan fingerprint density at radius 2 is 2.00 bits per heavy atom. The van der Waals surface area contributed by atoms with Crippen molar-refractivity contribution < 1.29 is 14.1 Å². The van der Waals surface area contributed by atoms with Gasteiger partial charge in [0.2, 0.25) is 5.75 Å². The van der Waals surface area contributed by atoms with Crippen molar-refractivity contribution >= 4 is 21.7 Å². The number of hydrogen-bond donors (Lipinski definition) is 0. The molecule has 0 aliphatic rings. The van der Waals surface area contributed by atoms with Crippen molar-refractivity contribution in [3.8, 4) is 17.1 Å². The highest BCUT2D eigenvalue weighted by Crippen LogP contribution is 2.35. The highest BCUT2D eigenvalue weighted by molar-refractivity contribution is 9.10. The first-order valence-electron chi connectivity index (χ1n) is 11.3. The molecule has 0 N–H and O–H groups in total. The molecule has 0 saturated carbocycles. The fourth-order valence-corrected chi connectivity index (χ4v) is 4.21. The quantitative estimate of drug-likeness (QED) is 0.197. The summed E-state index contributed by atoms with van der Waals surface area (Å²) in [7, 11) is 0. The molecule has 3 aromatic heterocycles. The van der Waals surface area contributed by atoms with E-state index in [2.05, 4.69) is 49.9 Å². The fraction of sp³-hybridized carbons (Fsp3) is 0.333. The van der Waals surface area contributed by atoms with Crippen LogP contribution in [0.2, 0.25) is 0 Å². The Bertz CT molecular complexity index is 1400. The number of pyridine rings is 1. The maximum absolute atomic E-state index is 14.3. The molecule has 0 spiro atoms. The number of aryl methyl sites for hydroxylation is 1. The zero-order chi connectivity index (χ0) is 26.0. The predicted octanol–water partition coefficient (Wildman–Crippen LogP) is 5.50. The highest BCUT2D eigenvalue weighted by Gasteiger charge is 2.24. The molecular formula is C24H25BrFN7O3. The summed E-state index contributed by atoms with van der Waals surface area (Å²) in [4.78, 5) is 19.0. The second kappa shape index (κ2) is 10.5. The minimum atomic E-state index is -0.758. The van der Waals surface area contributed by atoms with Gasteiger partial charge in [-0.2, -0.15) is 10.2 Å². The predicted molar refractivity (Wildman–Crippen MR) is 134 cm³/mol. The van der Waals surface area contributed by atoms with Crippen LogP contribution in [-0.4, -0.2) is 34.5 Å². The molecule has 188 valence electrons. The molecule has 3 heterocycles. The van der Waals surface area contributed by atoms with Gasteiger partial charge in [-0.3, -0.25) is 4.68 Å².